The number of carbonyl (C=O) groups excluding carboxylic acids is 3. The van der Waals surface area contributed by atoms with Gasteiger partial charge in [-0.1, -0.05) is 31.2 Å². The summed E-state index contributed by atoms with van der Waals surface area (Å²) < 4.78 is 5.22. The molecule has 8 nitrogen and oxygen atoms in total. The lowest BCUT2D eigenvalue weighted by Gasteiger charge is -2.34. The van der Waals surface area contributed by atoms with Crippen LogP contribution in [0.3, 0.4) is 0 Å². The SMILES string of the molecule is CCc1ccc(C(C(=O)NC(C)(C)C)N(CC#N)C(=O)C(C)NC(=O)OC(C)(C)C)cc1. The Morgan fingerprint density at radius 3 is 2.09 bits per heavy atom. The molecule has 1 aromatic rings. The van der Waals surface area contributed by atoms with Crippen molar-refractivity contribution in [1.29, 1.82) is 5.26 Å². The molecule has 2 N–H and O–H groups in total. The fourth-order valence-electron chi connectivity index (χ4n) is 3.01. The summed E-state index contributed by atoms with van der Waals surface area (Å²) in [7, 11) is 0. The third-order valence-corrected chi connectivity index (χ3v) is 4.39. The van der Waals surface area contributed by atoms with E-state index in [1.165, 1.54) is 11.8 Å². The van der Waals surface area contributed by atoms with E-state index in [-0.39, 0.29) is 6.54 Å². The number of ether oxygens (including phenoxy) is 1. The van der Waals surface area contributed by atoms with Crippen molar-refractivity contribution in [2.75, 3.05) is 6.54 Å². The predicted molar refractivity (Wildman–Crippen MR) is 123 cm³/mol. The number of nitrogens with one attached hydrogen (secondary N) is 2. The molecule has 0 fully saturated rings. The van der Waals surface area contributed by atoms with Crippen molar-refractivity contribution < 1.29 is 19.1 Å². The molecule has 0 spiro atoms. The molecule has 0 saturated heterocycles. The predicted octanol–water partition coefficient (Wildman–Crippen LogP) is 3.47. The first-order chi connectivity index (χ1) is 14.7. The van der Waals surface area contributed by atoms with Gasteiger partial charge in [0.05, 0.1) is 6.07 Å². The molecule has 0 aromatic heterocycles. The van der Waals surface area contributed by atoms with E-state index in [2.05, 4.69) is 10.6 Å². The van der Waals surface area contributed by atoms with Crippen molar-refractivity contribution in [1.82, 2.24) is 15.5 Å². The largest absolute Gasteiger partial charge is 0.444 e. The molecule has 176 valence electrons. The maximum Gasteiger partial charge on any atom is 0.408 e. The van der Waals surface area contributed by atoms with Crippen molar-refractivity contribution in [3.8, 4) is 6.07 Å². The highest BCUT2D eigenvalue weighted by molar-refractivity contribution is 5.92. The molecule has 8 heteroatoms. The van der Waals surface area contributed by atoms with E-state index in [0.29, 0.717) is 5.56 Å². The van der Waals surface area contributed by atoms with Gasteiger partial charge in [-0.3, -0.25) is 9.59 Å². The van der Waals surface area contributed by atoms with E-state index >= 15 is 0 Å². The summed E-state index contributed by atoms with van der Waals surface area (Å²) in [5.74, 6) is -0.971. The van der Waals surface area contributed by atoms with Gasteiger partial charge in [0, 0.05) is 5.54 Å². The summed E-state index contributed by atoms with van der Waals surface area (Å²) in [5, 5.41) is 14.8. The van der Waals surface area contributed by atoms with Crippen LogP contribution in [0.25, 0.3) is 0 Å². The number of benzene rings is 1. The molecular formula is C24H36N4O4. The van der Waals surface area contributed by atoms with Crippen LogP contribution in [0.5, 0.6) is 0 Å². The lowest BCUT2D eigenvalue weighted by atomic mass is 9.99. The van der Waals surface area contributed by atoms with E-state index in [1.807, 2.05) is 45.9 Å². The van der Waals surface area contributed by atoms with Gasteiger partial charge >= 0.3 is 6.09 Å². The van der Waals surface area contributed by atoms with E-state index in [4.69, 9.17) is 4.74 Å². The Balaban J connectivity index is 3.30. The number of amides is 3. The smallest absolute Gasteiger partial charge is 0.408 e. The second-order valence-corrected chi connectivity index (χ2v) is 9.73. The molecule has 0 heterocycles. The minimum absolute atomic E-state index is 0.322. The highest BCUT2D eigenvalue weighted by Gasteiger charge is 2.35. The molecule has 0 radical (unpaired) electrons. The Hall–Kier alpha value is -3.08. The number of nitriles is 1. The lowest BCUT2D eigenvalue weighted by Crippen LogP contribution is -2.54. The van der Waals surface area contributed by atoms with Crippen LogP contribution in [0.1, 0.15) is 72.6 Å². The first-order valence-corrected chi connectivity index (χ1v) is 10.8. The molecule has 0 aliphatic carbocycles. The first-order valence-electron chi connectivity index (χ1n) is 10.8. The van der Waals surface area contributed by atoms with Gasteiger partial charge in [-0.05, 0) is 66.0 Å². The first kappa shape index (κ1) is 27.0. The second-order valence-electron chi connectivity index (χ2n) is 9.73. The van der Waals surface area contributed by atoms with Crippen LogP contribution in [-0.2, 0) is 20.7 Å². The van der Waals surface area contributed by atoms with Crippen LogP contribution < -0.4 is 10.6 Å². The lowest BCUT2D eigenvalue weighted by molar-refractivity contribution is -0.142. The third kappa shape index (κ3) is 8.58. The molecule has 0 saturated carbocycles. The zero-order valence-electron chi connectivity index (χ0n) is 20.4. The fraction of sp³-hybridized carbons (Fsp3) is 0.583. The number of rotatable bonds is 7. The van der Waals surface area contributed by atoms with Crippen molar-refractivity contribution >= 4 is 17.9 Å². The average Bonchev–Trinajstić information content (AvgIpc) is 2.64. The minimum Gasteiger partial charge on any atom is -0.444 e. The van der Waals surface area contributed by atoms with Gasteiger partial charge in [-0.25, -0.2) is 4.79 Å². The number of nitrogens with zero attached hydrogens (tertiary/aromatic N) is 2. The summed E-state index contributed by atoms with van der Waals surface area (Å²) in [6.45, 7) is 13.9. The molecule has 32 heavy (non-hydrogen) atoms. The van der Waals surface area contributed by atoms with Gasteiger partial charge < -0.3 is 20.3 Å². The molecule has 2 unspecified atom stereocenters. The number of hydrogen-bond donors (Lipinski definition) is 2. The van der Waals surface area contributed by atoms with Crippen molar-refractivity contribution in [2.45, 2.75) is 85.0 Å². The van der Waals surface area contributed by atoms with Crippen molar-refractivity contribution in [2.24, 2.45) is 0 Å². The number of aryl methyl sites for hydroxylation is 1. The number of alkyl carbamates (subject to hydrolysis) is 1. The summed E-state index contributed by atoms with van der Waals surface area (Å²) in [4.78, 5) is 39.8. The van der Waals surface area contributed by atoms with E-state index in [1.54, 1.807) is 32.9 Å². The van der Waals surface area contributed by atoms with E-state index < -0.39 is 41.1 Å². The Morgan fingerprint density at radius 2 is 1.66 bits per heavy atom. The standard InChI is InChI=1S/C24H36N4O4/c1-9-17-10-12-18(13-11-17)19(20(29)27-23(3,4)5)28(15-14-25)21(30)16(2)26-22(31)32-24(6,7)8/h10-13,16,19H,9,15H2,1-8H3,(H,26,31)(H,27,29). The normalized spacial score (nSPS) is 13.3. The summed E-state index contributed by atoms with van der Waals surface area (Å²) in [6, 6.07) is 7.29. The highest BCUT2D eigenvalue weighted by atomic mass is 16.6. The minimum atomic E-state index is -1.03. The molecule has 0 aliphatic rings. The Labute approximate surface area is 191 Å². The summed E-state index contributed by atoms with van der Waals surface area (Å²) in [5.41, 5.74) is 0.398. The molecule has 1 rings (SSSR count). The van der Waals surface area contributed by atoms with Gasteiger partial charge in [-0.15, -0.1) is 0 Å². The second kappa shape index (κ2) is 11.0. The molecule has 1 aromatic carbocycles. The van der Waals surface area contributed by atoms with Crippen LogP contribution in [0.4, 0.5) is 4.79 Å². The van der Waals surface area contributed by atoms with Crippen molar-refractivity contribution in [3.63, 3.8) is 0 Å². The maximum atomic E-state index is 13.3. The number of carbonyl (C=O) groups is 3. The van der Waals surface area contributed by atoms with E-state index in [9.17, 15) is 19.6 Å². The van der Waals surface area contributed by atoms with Gasteiger partial charge in [0.15, 0.2) is 0 Å². The maximum absolute atomic E-state index is 13.3. The third-order valence-electron chi connectivity index (χ3n) is 4.39. The highest BCUT2D eigenvalue weighted by Crippen LogP contribution is 2.24. The number of hydrogen-bond acceptors (Lipinski definition) is 5. The topological polar surface area (TPSA) is 112 Å². The summed E-state index contributed by atoms with van der Waals surface area (Å²) >= 11 is 0. The average molecular weight is 445 g/mol. The Morgan fingerprint density at radius 1 is 1.09 bits per heavy atom. The molecular weight excluding hydrogens is 408 g/mol. The van der Waals surface area contributed by atoms with Gasteiger partial charge in [0.2, 0.25) is 11.8 Å². The van der Waals surface area contributed by atoms with Gasteiger partial charge in [0.1, 0.15) is 24.2 Å². The molecule has 0 aliphatic heterocycles. The van der Waals surface area contributed by atoms with Gasteiger partial charge in [0.25, 0.3) is 0 Å². The van der Waals surface area contributed by atoms with Crippen LogP contribution >= 0.6 is 0 Å². The van der Waals surface area contributed by atoms with Crippen LogP contribution in [-0.4, -0.2) is 46.5 Å². The van der Waals surface area contributed by atoms with E-state index in [0.717, 1.165) is 12.0 Å². The van der Waals surface area contributed by atoms with Crippen LogP contribution in [0.2, 0.25) is 0 Å². The molecule has 0 bridgehead atoms. The fourth-order valence-corrected chi connectivity index (χ4v) is 3.01. The molecule has 2 atom stereocenters. The Bertz CT molecular complexity index is 845. The zero-order chi connectivity index (χ0) is 24.7. The van der Waals surface area contributed by atoms with Gasteiger partial charge in [-0.2, -0.15) is 5.26 Å². The quantitative estimate of drug-likeness (QED) is 0.626. The van der Waals surface area contributed by atoms with Crippen LogP contribution in [0.15, 0.2) is 24.3 Å². The molecule has 3 amide bonds. The zero-order valence-corrected chi connectivity index (χ0v) is 20.4. The van der Waals surface area contributed by atoms with Crippen molar-refractivity contribution in [3.05, 3.63) is 35.4 Å². The van der Waals surface area contributed by atoms with Crippen LogP contribution in [0, 0.1) is 11.3 Å². The Kier molecular flexibility index (Phi) is 9.25. The monoisotopic (exact) mass is 444 g/mol. The summed E-state index contributed by atoms with van der Waals surface area (Å²) in [6.07, 6.45) is 0.0786.